The molecule has 204 valence electrons. The number of alkyl halides is 3. The summed E-state index contributed by atoms with van der Waals surface area (Å²) >= 11 is 0.690. The third-order valence-electron chi connectivity index (χ3n) is 5.03. The minimum Gasteiger partial charge on any atom is -0.404 e. The van der Waals surface area contributed by atoms with Crippen molar-refractivity contribution in [2.24, 2.45) is 0 Å². The highest BCUT2D eigenvalue weighted by atomic mass is 35.5. The minimum absolute atomic E-state index is 0. The average molecular weight is 580 g/mol. The van der Waals surface area contributed by atoms with Gasteiger partial charge >= 0.3 is 6.36 Å². The molecule has 1 saturated heterocycles. The van der Waals surface area contributed by atoms with Crippen molar-refractivity contribution < 1.29 is 41.0 Å². The molecule has 2 aromatic carbocycles. The van der Waals surface area contributed by atoms with E-state index in [4.69, 9.17) is 4.74 Å². The third kappa shape index (κ3) is 7.56. The van der Waals surface area contributed by atoms with E-state index in [-0.39, 0.29) is 40.3 Å². The first-order valence-electron chi connectivity index (χ1n) is 10.7. The fraction of sp³-hybridized carbons (Fsp3) is 0.273. The van der Waals surface area contributed by atoms with Gasteiger partial charge in [0.2, 0.25) is 11.0 Å². The number of anilines is 2. The molecule has 9 nitrogen and oxygen atoms in total. The fourth-order valence-corrected chi connectivity index (χ4v) is 4.17. The van der Waals surface area contributed by atoms with Crippen molar-refractivity contribution in [1.29, 1.82) is 0 Å². The second kappa shape index (κ2) is 12.4. The molecule has 0 radical (unpaired) electrons. The molecule has 3 aromatic rings. The lowest BCUT2D eigenvalue weighted by Gasteiger charge is -2.26. The average Bonchev–Trinajstić information content (AvgIpc) is 3.27. The van der Waals surface area contributed by atoms with Crippen LogP contribution in [0.2, 0.25) is 0 Å². The van der Waals surface area contributed by atoms with Gasteiger partial charge in [-0.25, -0.2) is 8.78 Å². The van der Waals surface area contributed by atoms with Gasteiger partial charge in [-0.2, -0.15) is 0 Å². The first-order chi connectivity index (χ1) is 17.6. The number of aromatic nitrogens is 2. The van der Waals surface area contributed by atoms with E-state index in [2.05, 4.69) is 25.6 Å². The number of nitrogens with one attached hydrogen (secondary N) is 2. The second-order valence-electron chi connectivity index (χ2n) is 7.66. The Balaban J connectivity index is 0.00000400. The number of carbonyl (C=O) groups excluding carboxylic acids is 2. The summed E-state index contributed by atoms with van der Waals surface area (Å²) in [6, 6.07) is 6.20. The van der Waals surface area contributed by atoms with E-state index < -0.39 is 41.1 Å². The number of amides is 2. The first kappa shape index (κ1) is 29.2. The van der Waals surface area contributed by atoms with E-state index in [1.165, 1.54) is 6.07 Å². The van der Waals surface area contributed by atoms with Crippen LogP contribution in [0.4, 0.5) is 32.8 Å². The van der Waals surface area contributed by atoms with Crippen LogP contribution in [-0.2, 0) is 9.53 Å². The van der Waals surface area contributed by atoms with E-state index in [0.29, 0.717) is 37.6 Å². The fourth-order valence-electron chi connectivity index (χ4n) is 3.38. The predicted octanol–water partition coefficient (Wildman–Crippen LogP) is 4.33. The smallest absolute Gasteiger partial charge is 0.404 e. The summed E-state index contributed by atoms with van der Waals surface area (Å²) in [6.45, 7) is 1.68. The zero-order chi connectivity index (χ0) is 26.6. The standard InChI is InChI=1S/C22H18F5N5O4S.ClH/c23-13-2-1-3-14(24)18(13)20-30-31-21(37-20)29-19(34)12-4-5-16(36-22(25,26)27)15(10-12)28-17(33)11-32-6-8-35-9-7-32;/h1-5,10H,6-9,11H2,(H,28,33)(H,29,31,34);1H. The zero-order valence-corrected chi connectivity index (χ0v) is 20.8. The lowest BCUT2D eigenvalue weighted by Crippen LogP contribution is -2.41. The molecule has 1 aliphatic heterocycles. The van der Waals surface area contributed by atoms with Crippen molar-refractivity contribution >= 4 is 46.4 Å². The van der Waals surface area contributed by atoms with E-state index in [0.717, 1.165) is 30.3 Å². The van der Waals surface area contributed by atoms with Gasteiger partial charge in [-0.1, -0.05) is 17.4 Å². The van der Waals surface area contributed by atoms with E-state index in [9.17, 15) is 31.5 Å². The Labute approximate surface area is 222 Å². The monoisotopic (exact) mass is 579 g/mol. The lowest BCUT2D eigenvalue weighted by molar-refractivity contribution is -0.274. The lowest BCUT2D eigenvalue weighted by atomic mass is 10.1. The number of rotatable bonds is 7. The second-order valence-corrected chi connectivity index (χ2v) is 8.64. The van der Waals surface area contributed by atoms with Crippen molar-refractivity contribution in [2.45, 2.75) is 6.36 Å². The Morgan fingerprint density at radius 3 is 2.39 bits per heavy atom. The van der Waals surface area contributed by atoms with Crippen LogP contribution in [0.5, 0.6) is 5.75 Å². The molecule has 1 fully saturated rings. The van der Waals surface area contributed by atoms with Gasteiger partial charge in [-0.3, -0.25) is 19.8 Å². The van der Waals surface area contributed by atoms with Gasteiger partial charge in [-0.05, 0) is 30.3 Å². The van der Waals surface area contributed by atoms with Gasteiger partial charge in [-0.15, -0.1) is 35.8 Å². The molecule has 16 heteroatoms. The maximum Gasteiger partial charge on any atom is 0.573 e. The SMILES string of the molecule is Cl.O=C(CN1CCOCC1)Nc1cc(C(=O)Nc2nnc(-c3c(F)cccc3F)s2)ccc1OC(F)(F)F. The molecule has 0 unspecified atom stereocenters. The van der Waals surface area contributed by atoms with Crippen LogP contribution >= 0.6 is 23.7 Å². The number of halogens is 6. The summed E-state index contributed by atoms with van der Waals surface area (Å²) < 4.78 is 75.8. The number of benzene rings is 2. The summed E-state index contributed by atoms with van der Waals surface area (Å²) in [5.74, 6) is -3.89. The van der Waals surface area contributed by atoms with E-state index in [1.54, 1.807) is 4.90 Å². The van der Waals surface area contributed by atoms with Gasteiger partial charge in [0, 0.05) is 18.7 Å². The summed E-state index contributed by atoms with van der Waals surface area (Å²) in [6.07, 6.45) is -5.04. The Kier molecular flexibility index (Phi) is 9.54. The van der Waals surface area contributed by atoms with Gasteiger partial charge < -0.3 is 14.8 Å². The van der Waals surface area contributed by atoms with E-state index in [1.807, 2.05) is 0 Å². The molecule has 0 spiro atoms. The minimum atomic E-state index is -5.04. The molecule has 2 heterocycles. The molecule has 2 N–H and O–H groups in total. The zero-order valence-electron chi connectivity index (χ0n) is 19.2. The molecule has 1 aromatic heterocycles. The van der Waals surface area contributed by atoms with Gasteiger partial charge in [0.1, 0.15) is 11.6 Å². The van der Waals surface area contributed by atoms with Crippen LogP contribution in [-0.4, -0.2) is 66.1 Å². The summed E-state index contributed by atoms with van der Waals surface area (Å²) in [4.78, 5) is 26.9. The van der Waals surface area contributed by atoms with Crippen molar-refractivity contribution in [3.05, 3.63) is 53.6 Å². The maximum atomic E-state index is 14.0. The number of hydrogen-bond donors (Lipinski definition) is 2. The number of morpholine rings is 1. The molecule has 2 amide bonds. The van der Waals surface area contributed by atoms with Crippen molar-refractivity contribution in [3.63, 3.8) is 0 Å². The Morgan fingerprint density at radius 2 is 1.74 bits per heavy atom. The van der Waals surface area contributed by atoms with Crippen molar-refractivity contribution in [1.82, 2.24) is 15.1 Å². The van der Waals surface area contributed by atoms with Crippen LogP contribution < -0.4 is 15.4 Å². The van der Waals surface area contributed by atoms with Gasteiger partial charge in [0.15, 0.2) is 10.8 Å². The third-order valence-corrected chi connectivity index (χ3v) is 5.89. The van der Waals surface area contributed by atoms with Crippen LogP contribution in [0.1, 0.15) is 10.4 Å². The van der Waals surface area contributed by atoms with Crippen molar-refractivity contribution in [3.8, 4) is 16.3 Å². The number of hydrogen-bond acceptors (Lipinski definition) is 8. The highest BCUT2D eigenvalue weighted by Crippen LogP contribution is 2.33. The van der Waals surface area contributed by atoms with Crippen molar-refractivity contribution in [2.75, 3.05) is 43.5 Å². The Hall–Kier alpha value is -3.40. The normalized spacial score (nSPS) is 13.9. The van der Waals surface area contributed by atoms with Crippen LogP contribution in [0, 0.1) is 11.6 Å². The molecular formula is C22H19ClF5N5O4S. The highest BCUT2D eigenvalue weighted by Gasteiger charge is 2.33. The number of ether oxygens (including phenoxy) is 2. The van der Waals surface area contributed by atoms with Crippen LogP contribution in [0.3, 0.4) is 0 Å². The molecule has 38 heavy (non-hydrogen) atoms. The number of nitrogens with zero attached hydrogens (tertiary/aromatic N) is 3. The maximum absolute atomic E-state index is 14.0. The van der Waals surface area contributed by atoms with Gasteiger partial charge in [0.25, 0.3) is 5.91 Å². The summed E-state index contributed by atoms with van der Waals surface area (Å²) in [7, 11) is 0. The quantitative estimate of drug-likeness (QED) is 0.402. The largest absolute Gasteiger partial charge is 0.573 e. The van der Waals surface area contributed by atoms with Crippen LogP contribution in [0.15, 0.2) is 36.4 Å². The molecule has 0 aliphatic carbocycles. The van der Waals surface area contributed by atoms with E-state index >= 15 is 0 Å². The summed E-state index contributed by atoms with van der Waals surface area (Å²) in [5, 5.41) is 11.8. The molecule has 0 saturated carbocycles. The molecule has 0 atom stereocenters. The molecule has 4 rings (SSSR count). The topological polar surface area (TPSA) is 106 Å². The summed E-state index contributed by atoms with van der Waals surface area (Å²) in [5.41, 5.74) is -0.945. The Bertz CT molecular complexity index is 1280. The molecule has 1 aliphatic rings. The number of carbonyl (C=O) groups is 2. The molecular weight excluding hydrogens is 561 g/mol. The molecule has 0 bridgehead atoms. The first-order valence-corrected chi connectivity index (χ1v) is 11.5. The highest BCUT2D eigenvalue weighted by molar-refractivity contribution is 7.18. The van der Waals surface area contributed by atoms with Crippen LogP contribution in [0.25, 0.3) is 10.6 Å². The van der Waals surface area contributed by atoms with Gasteiger partial charge in [0.05, 0.1) is 31.0 Å². The Morgan fingerprint density at radius 1 is 1.05 bits per heavy atom. The predicted molar refractivity (Wildman–Crippen MR) is 129 cm³/mol.